The predicted octanol–water partition coefficient (Wildman–Crippen LogP) is 5.96. The first-order valence-corrected chi connectivity index (χ1v) is 10.1. The molecule has 0 fully saturated rings. The summed E-state index contributed by atoms with van der Waals surface area (Å²) in [5, 5.41) is 6.47. The third kappa shape index (κ3) is 6.79. The maximum Gasteiger partial charge on any atom is 0.257 e. The van der Waals surface area contributed by atoms with E-state index in [4.69, 9.17) is 28.6 Å². The zero-order valence-corrected chi connectivity index (χ0v) is 18.6. The van der Waals surface area contributed by atoms with Gasteiger partial charge in [-0.2, -0.15) is 0 Å². The molecule has 7 heteroatoms. The Morgan fingerprint density at radius 1 is 1.26 bits per heavy atom. The number of amides is 1. The predicted molar refractivity (Wildman–Crippen MR) is 119 cm³/mol. The standard InChI is InChI=1S/C20H22BrClN2O2S/c1-12(2)8-9-26-18-7-5-14(10-16(18)21)19(25)24-20(27)23-17-11-15(22)6-4-13(17)3/h4-7,10-12H,8-9H2,1-3H3,(H2,23,24,25,27). The van der Waals surface area contributed by atoms with Crippen LogP contribution < -0.4 is 15.4 Å². The molecular weight excluding hydrogens is 448 g/mol. The van der Waals surface area contributed by atoms with Crippen LogP contribution in [-0.2, 0) is 0 Å². The minimum Gasteiger partial charge on any atom is -0.492 e. The number of nitrogens with one attached hydrogen (secondary N) is 2. The Bertz CT molecular complexity index is 843. The van der Waals surface area contributed by atoms with Gasteiger partial charge in [0, 0.05) is 16.3 Å². The molecule has 0 aromatic heterocycles. The first-order valence-electron chi connectivity index (χ1n) is 8.57. The van der Waals surface area contributed by atoms with Gasteiger partial charge in [0.25, 0.3) is 5.91 Å². The summed E-state index contributed by atoms with van der Waals surface area (Å²) < 4.78 is 6.46. The fourth-order valence-electron chi connectivity index (χ4n) is 2.22. The molecule has 144 valence electrons. The molecule has 2 aromatic carbocycles. The molecule has 2 N–H and O–H groups in total. The van der Waals surface area contributed by atoms with Crippen LogP contribution in [0, 0.1) is 12.8 Å². The second-order valence-electron chi connectivity index (χ2n) is 6.54. The molecule has 0 spiro atoms. The van der Waals surface area contributed by atoms with E-state index in [1.165, 1.54) is 0 Å². The van der Waals surface area contributed by atoms with Gasteiger partial charge in [0.1, 0.15) is 5.75 Å². The second-order valence-corrected chi connectivity index (χ2v) is 8.24. The maximum atomic E-state index is 12.4. The molecule has 0 saturated carbocycles. The van der Waals surface area contributed by atoms with Crippen LogP contribution in [0.5, 0.6) is 5.75 Å². The minimum absolute atomic E-state index is 0.207. The second kappa shape index (κ2) is 10.1. The molecule has 0 radical (unpaired) electrons. The van der Waals surface area contributed by atoms with Gasteiger partial charge in [0.15, 0.2) is 5.11 Å². The van der Waals surface area contributed by atoms with Crippen LogP contribution in [0.3, 0.4) is 0 Å². The van der Waals surface area contributed by atoms with Gasteiger partial charge in [0.2, 0.25) is 0 Å². The van der Waals surface area contributed by atoms with E-state index < -0.39 is 0 Å². The van der Waals surface area contributed by atoms with Gasteiger partial charge in [0.05, 0.1) is 11.1 Å². The van der Waals surface area contributed by atoms with Crippen molar-refractivity contribution in [1.82, 2.24) is 5.32 Å². The van der Waals surface area contributed by atoms with Crippen molar-refractivity contribution < 1.29 is 9.53 Å². The monoisotopic (exact) mass is 468 g/mol. The molecule has 1 amide bonds. The zero-order valence-electron chi connectivity index (χ0n) is 15.4. The van der Waals surface area contributed by atoms with E-state index >= 15 is 0 Å². The van der Waals surface area contributed by atoms with Crippen LogP contribution in [-0.4, -0.2) is 17.6 Å². The third-order valence-corrected chi connectivity index (χ3v) is 4.88. The summed E-state index contributed by atoms with van der Waals surface area (Å²) in [6.07, 6.45) is 0.970. The Morgan fingerprint density at radius 2 is 2.00 bits per heavy atom. The maximum absolute atomic E-state index is 12.4. The average molecular weight is 470 g/mol. The van der Waals surface area contributed by atoms with E-state index in [0.717, 1.165) is 22.1 Å². The number of ether oxygens (including phenoxy) is 1. The van der Waals surface area contributed by atoms with Crippen molar-refractivity contribution in [1.29, 1.82) is 0 Å². The van der Waals surface area contributed by atoms with Crippen LogP contribution in [0.4, 0.5) is 5.69 Å². The molecule has 27 heavy (non-hydrogen) atoms. The molecule has 0 bridgehead atoms. The highest BCUT2D eigenvalue weighted by atomic mass is 79.9. The van der Waals surface area contributed by atoms with Gasteiger partial charge in [-0.3, -0.25) is 10.1 Å². The van der Waals surface area contributed by atoms with Crippen molar-refractivity contribution in [2.45, 2.75) is 27.2 Å². The van der Waals surface area contributed by atoms with E-state index in [1.807, 2.05) is 13.0 Å². The number of halogens is 2. The van der Waals surface area contributed by atoms with E-state index in [1.54, 1.807) is 30.3 Å². The van der Waals surface area contributed by atoms with Crippen molar-refractivity contribution in [2.24, 2.45) is 5.92 Å². The van der Waals surface area contributed by atoms with Crippen LogP contribution >= 0.6 is 39.7 Å². The fourth-order valence-corrected chi connectivity index (χ4v) is 3.09. The molecule has 0 saturated heterocycles. The van der Waals surface area contributed by atoms with Gasteiger partial charge >= 0.3 is 0 Å². The number of aryl methyl sites for hydroxylation is 1. The number of benzene rings is 2. The number of hydrogen-bond acceptors (Lipinski definition) is 3. The third-order valence-electron chi connectivity index (χ3n) is 3.82. The lowest BCUT2D eigenvalue weighted by Gasteiger charge is -2.13. The normalized spacial score (nSPS) is 10.6. The Kier molecular flexibility index (Phi) is 8.07. The largest absolute Gasteiger partial charge is 0.492 e. The van der Waals surface area contributed by atoms with Crippen molar-refractivity contribution in [3.63, 3.8) is 0 Å². The lowest BCUT2D eigenvalue weighted by atomic mass is 10.1. The van der Waals surface area contributed by atoms with E-state index in [2.05, 4.69) is 40.4 Å². The summed E-state index contributed by atoms with van der Waals surface area (Å²) in [4.78, 5) is 12.4. The Labute approximate surface area is 178 Å². The topological polar surface area (TPSA) is 50.4 Å². The molecule has 4 nitrogen and oxygen atoms in total. The molecule has 0 aliphatic heterocycles. The van der Waals surface area contributed by atoms with Crippen LogP contribution in [0.2, 0.25) is 5.02 Å². The van der Waals surface area contributed by atoms with Crippen molar-refractivity contribution in [3.05, 3.63) is 57.0 Å². The molecule has 0 aliphatic carbocycles. The summed E-state index contributed by atoms with van der Waals surface area (Å²) in [7, 11) is 0. The first kappa shape index (κ1) is 21.7. The summed E-state index contributed by atoms with van der Waals surface area (Å²) in [6.45, 7) is 6.86. The summed E-state index contributed by atoms with van der Waals surface area (Å²) in [6, 6.07) is 10.6. The fraction of sp³-hybridized carbons (Fsp3) is 0.300. The molecule has 0 unspecified atom stereocenters. The Balaban J connectivity index is 1.97. The lowest BCUT2D eigenvalue weighted by molar-refractivity contribution is 0.0977. The van der Waals surface area contributed by atoms with Crippen LogP contribution in [0.1, 0.15) is 36.2 Å². The van der Waals surface area contributed by atoms with E-state index in [0.29, 0.717) is 28.9 Å². The summed E-state index contributed by atoms with van der Waals surface area (Å²) in [5.41, 5.74) is 2.20. The molecular formula is C20H22BrClN2O2S. The van der Waals surface area contributed by atoms with Gasteiger partial charge in [-0.15, -0.1) is 0 Å². The average Bonchev–Trinajstić information content (AvgIpc) is 2.59. The van der Waals surface area contributed by atoms with Crippen molar-refractivity contribution in [3.8, 4) is 5.75 Å². The van der Waals surface area contributed by atoms with E-state index in [9.17, 15) is 4.79 Å². The highest BCUT2D eigenvalue weighted by Gasteiger charge is 2.12. The summed E-state index contributed by atoms with van der Waals surface area (Å²) in [5.74, 6) is 0.981. The van der Waals surface area contributed by atoms with Crippen molar-refractivity contribution in [2.75, 3.05) is 11.9 Å². The zero-order chi connectivity index (χ0) is 20.0. The van der Waals surface area contributed by atoms with Crippen molar-refractivity contribution >= 4 is 56.5 Å². The first-order chi connectivity index (χ1) is 12.8. The number of thiocarbonyl (C=S) groups is 1. The smallest absolute Gasteiger partial charge is 0.257 e. The molecule has 0 heterocycles. The number of anilines is 1. The van der Waals surface area contributed by atoms with Crippen LogP contribution in [0.25, 0.3) is 0 Å². The number of hydrogen-bond donors (Lipinski definition) is 2. The number of carbonyl (C=O) groups is 1. The lowest BCUT2D eigenvalue weighted by Crippen LogP contribution is -2.34. The quantitative estimate of drug-likeness (QED) is 0.512. The van der Waals surface area contributed by atoms with Gasteiger partial charge in [-0.05, 0) is 83.3 Å². The van der Waals surface area contributed by atoms with E-state index in [-0.39, 0.29) is 11.0 Å². The molecule has 2 aromatic rings. The highest BCUT2D eigenvalue weighted by Crippen LogP contribution is 2.26. The Morgan fingerprint density at radius 3 is 2.67 bits per heavy atom. The Hall–Kier alpha value is -1.63. The molecule has 0 atom stereocenters. The molecule has 2 rings (SSSR count). The van der Waals surface area contributed by atoms with Gasteiger partial charge in [-0.1, -0.05) is 31.5 Å². The summed E-state index contributed by atoms with van der Waals surface area (Å²) >= 11 is 14.7. The van der Waals surface area contributed by atoms with Gasteiger partial charge in [-0.25, -0.2) is 0 Å². The number of rotatable bonds is 6. The minimum atomic E-state index is -0.304. The molecule has 0 aliphatic rings. The SMILES string of the molecule is Cc1ccc(Cl)cc1NC(=S)NC(=O)c1ccc(OCCC(C)C)c(Br)c1. The number of carbonyl (C=O) groups excluding carboxylic acids is 1. The highest BCUT2D eigenvalue weighted by molar-refractivity contribution is 9.10. The van der Waals surface area contributed by atoms with Gasteiger partial charge < -0.3 is 10.1 Å². The van der Waals surface area contributed by atoms with Crippen LogP contribution in [0.15, 0.2) is 40.9 Å².